The smallest absolute Gasteiger partial charge is 0.498 e. The zero-order valence-electron chi connectivity index (χ0n) is 22.3. The van der Waals surface area contributed by atoms with Crippen molar-refractivity contribution in [2.45, 2.75) is 57.1 Å². The minimum Gasteiger partial charge on any atom is -0.498 e. The van der Waals surface area contributed by atoms with E-state index in [1.807, 2.05) is 44.2 Å². The predicted octanol–water partition coefficient (Wildman–Crippen LogP) is 2.20. The number of nitrogens with zero attached hydrogens (tertiary/aromatic N) is 3. The second-order valence-electron chi connectivity index (χ2n) is 10.3. The molecule has 12 heteroatoms. The highest BCUT2D eigenvalue weighted by molar-refractivity contribution is 7.99. The largest absolute Gasteiger partial charge is 0.602 e. The Morgan fingerprint density at radius 1 is 1.10 bits per heavy atom. The number of fused-ring (bicyclic) bond motifs is 2. The number of Topliss-reactive ketones (excluding diaryl/α,β-unsaturated/α-hetero) is 1. The average molecular weight is 552 g/mol. The van der Waals surface area contributed by atoms with Gasteiger partial charge < -0.3 is 14.6 Å². The van der Waals surface area contributed by atoms with Crippen molar-refractivity contribution in [2.75, 3.05) is 18.6 Å². The van der Waals surface area contributed by atoms with E-state index < -0.39 is 48.9 Å². The molecule has 2 aliphatic rings. The van der Waals surface area contributed by atoms with E-state index in [1.165, 1.54) is 30.4 Å². The van der Waals surface area contributed by atoms with Gasteiger partial charge in [-0.2, -0.15) is 11.8 Å². The maximum Gasteiger partial charge on any atom is 0.602 e. The van der Waals surface area contributed by atoms with Crippen LogP contribution in [0.1, 0.15) is 42.7 Å². The van der Waals surface area contributed by atoms with Crippen LogP contribution >= 0.6 is 11.8 Å². The number of ketones is 1. The summed E-state index contributed by atoms with van der Waals surface area (Å²) in [6.07, 6.45) is 4.89. The molecule has 1 aromatic heterocycles. The van der Waals surface area contributed by atoms with Crippen LogP contribution in [-0.4, -0.2) is 82.3 Å². The number of carbonyl (C=O) groups is 4. The van der Waals surface area contributed by atoms with Crippen LogP contribution in [0.15, 0.2) is 48.9 Å². The number of nitrogens with one attached hydrogen (secondary N) is 1. The molecule has 39 heavy (non-hydrogen) atoms. The van der Waals surface area contributed by atoms with Crippen LogP contribution in [0.3, 0.4) is 0 Å². The van der Waals surface area contributed by atoms with Gasteiger partial charge in [0.05, 0.1) is 12.2 Å². The van der Waals surface area contributed by atoms with Crippen LogP contribution in [0.2, 0.25) is 5.82 Å². The van der Waals surface area contributed by atoms with Crippen molar-refractivity contribution in [2.24, 2.45) is 5.92 Å². The van der Waals surface area contributed by atoms with Gasteiger partial charge in [-0.3, -0.25) is 29.1 Å². The number of hydrogen-bond donors (Lipinski definition) is 1. The Kier molecular flexibility index (Phi) is 9.74. The first kappa shape index (κ1) is 28.8. The lowest BCUT2D eigenvalue weighted by Crippen LogP contribution is -2.59. The summed E-state index contributed by atoms with van der Waals surface area (Å²) in [5.41, 5.74) is 0.964. The first-order chi connectivity index (χ1) is 18.7. The van der Waals surface area contributed by atoms with E-state index in [0.717, 1.165) is 5.56 Å². The lowest BCUT2D eigenvalue weighted by Gasteiger charge is -2.40. The van der Waals surface area contributed by atoms with E-state index in [1.54, 1.807) is 11.9 Å². The highest BCUT2D eigenvalue weighted by Gasteiger charge is 2.48. The van der Waals surface area contributed by atoms with Crippen LogP contribution < -0.4 is 5.32 Å². The Morgan fingerprint density at radius 3 is 2.36 bits per heavy atom. The number of rotatable bonds is 10. The van der Waals surface area contributed by atoms with E-state index in [0.29, 0.717) is 17.9 Å². The summed E-state index contributed by atoms with van der Waals surface area (Å²) < 4.78 is 11.5. The number of amides is 1. The molecular weight excluding hydrogens is 519 g/mol. The standard InChI is InChI=1S/C27H33BN4O6S/c1-17(2)11-19(28-37-26(35)22-15-39-16-23(32(22)3)27(36)38-28)13-24(33)20(12-18-7-5-4-6-8-18)31-25(34)21-14-29-9-10-30-21/h4-10,14,17,19-20,22-23H,11-13,15-16H2,1-3H3,(H,31,34)/t19-,20+,22+,23+/m1/s1. The maximum absolute atomic E-state index is 13.8. The Bertz CT molecular complexity index is 1150. The maximum atomic E-state index is 13.8. The quantitative estimate of drug-likeness (QED) is 0.438. The molecule has 2 fully saturated rings. The first-order valence-electron chi connectivity index (χ1n) is 13.1. The van der Waals surface area contributed by atoms with Gasteiger partial charge in [0.1, 0.15) is 17.8 Å². The predicted molar refractivity (Wildman–Crippen MR) is 147 cm³/mol. The molecule has 0 spiro atoms. The zero-order valence-corrected chi connectivity index (χ0v) is 23.1. The normalized spacial score (nSPS) is 21.3. The van der Waals surface area contributed by atoms with Crippen molar-refractivity contribution < 1.29 is 28.5 Å². The Labute approximate surface area is 232 Å². The third-order valence-electron chi connectivity index (χ3n) is 6.94. The fourth-order valence-electron chi connectivity index (χ4n) is 4.86. The summed E-state index contributed by atoms with van der Waals surface area (Å²) >= 11 is 1.51. The number of thioether (sulfide) groups is 1. The molecule has 10 nitrogen and oxygen atoms in total. The van der Waals surface area contributed by atoms with Gasteiger partial charge in [-0.25, -0.2) is 4.98 Å². The highest BCUT2D eigenvalue weighted by atomic mass is 32.2. The average Bonchev–Trinajstić information content (AvgIpc) is 2.92. The molecule has 2 aliphatic heterocycles. The van der Waals surface area contributed by atoms with Crippen molar-refractivity contribution in [3.63, 3.8) is 0 Å². The summed E-state index contributed by atoms with van der Waals surface area (Å²) in [6, 6.07) is 7.37. The third kappa shape index (κ3) is 7.45. The Balaban J connectivity index is 1.56. The molecule has 4 atom stereocenters. The van der Waals surface area contributed by atoms with Gasteiger partial charge in [-0.15, -0.1) is 0 Å². The number of hydrogen-bond acceptors (Lipinski definition) is 10. The second-order valence-corrected chi connectivity index (χ2v) is 11.4. The number of aromatic nitrogens is 2. The molecule has 1 amide bonds. The van der Waals surface area contributed by atoms with Gasteiger partial charge in [0.15, 0.2) is 5.78 Å². The van der Waals surface area contributed by atoms with E-state index in [4.69, 9.17) is 9.31 Å². The van der Waals surface area contributed by atoms with Gasteiger partial charge in [-0.1, -0.05) is 44.2 Å². The molecule has 4 rings (SSSR count). The number of carbonyl (C=O) groups excluding carboxylic acids is 4. The van der Waals surface area contributed by atoms with Gasteiger partial charge in [0, 0.05) is 36.1 Å². The van der Waals surface area contributed by atoms with E-state index in [-0.39, 0.29) is 30.2 Å². The molecule has 206 valence electrons. The summed E-state index contributed by atoms with van der Waals surface area (Å²) in [7, 11) is 0.535. The molecule has 0 radical (unpaired) electrons. The molecule has 1 aromatic carbocycles. The summed E-state index contributed by atoms with van der Waals surface area (Å²) in [6.45, 7) is 3.97. The van der Waals surface area contributed by atoms with E-state index in [2.05, 4.69) is 15.3 Å². The van der Waals surface area contributed by atoms with Crippen molar-refractivity contribution in [3.8, 4) is 0 Å². The Morgan fingerprint density at radius 2 is 1.77 bits per heavy atom. The molecule has 1 N–H and O–H groups in total. The molecule has 2 saturated heterocycles. The summed E-state index contributed by atoms with van der Waals surface area (Å²) in [5, 5.41) is 2.81. The molecule has 0 aliphatic carbocycles. The van der Waals surface area contributed by atoms with Gasteiger partial charge in [-0.05, 0) is 31.4 Å². The van der Waals surface area contributed by atoms with Crippen molar-refractivity contribution >= 4 is 42.5 Å². The van der Waals surface area contributed by atoms with Crippen LogP contribution in [-0.2, 0) is 30.1 Å². The second kappa shape index (κ2) is 13.2. The monoisotopic (exact) mass is 552 g/mol. The molecule has 3 heterocycles. The van der Waals surface area contributed by atoms with Crippen LogP contribution in [0.4, 0.5) is 0 Å². The van der Waals surface area contributed by atoms with E-state index in [9.17, 15) is 19.2 Å². The van der Waals surface area contributed by atoms with Crippen molar-refractivity contribution in [3.05, 3.63) is 60.2 Å². The zero-order chi connectivity index (χ0) is 27.9. The number of likely N-dealkylation sites (N-methyl/N-ethyl adjacent to an activating group) is 1. The highest BCUT2D eigenvalue weighted by Crippen LogP contribution is 2.32. The van der Waals surface area contributed by atoms with Crippen LogP contribution in [0.5, 0.6) is 0 Å². The topological polar surface area (TPSA) is 128 Å². The van der Waals surface area contributed by atoms with Gasteiger partial charge in [0.2, 0.25) is 0 Å². The molecule has 0 saturated carbocycles. The summed E-state index contributed by atoms with van der Waals surface area (Å²) in [5.74, 6) is -1.12. The third-order valence-corrected chi connectivity index (χ3v) is 8.04. The van der Waals surface area contributed by atoms with Gasteiger partial charge >= 0.3 is 19.1 Å². The lowest BCUT2D eigenvalue weighted by molar-refractivity contribution is -0.153. The number of benzene rings is 1. The fraction of sp³-hybridized carbons (Fsp3) is 0.481. The molecular formula is C27H33BN4O6S. The lowest BCUT2D eigenvalue weighted by atomic mass is 9.64. The van der Waals surface area contributed by atoms with Crippen LogP contribution in [0, 0.1) is 5.92 Å². The molecule has 2 bridgehead atoms. The van der Waals surface area contributed by atoms with Crippen LogP contribution in [0.25, 0.3) is 0 Å². The van der Waals surface area contributed by atoms with Crippen molar-refractivity contribution in [1.82, 2.24) is 20.2 Å². The molecule has 0 unspecified atom stereocenters. The minimum atomic E-state index is -1.19. The van der Waals surface area contributed by atoms with Crippen molar-refractivity contribution in [1.29, 1.82) is 0 Å². The molecule has 2 aromatic rings. The first-order valence-corrected chi connectivity index (χ1v) is 14.2. The van der Waals surface area contributed by atoms with E-state index >= 15 is 0 Å². The fourth-order valence-corrected chi connectivity index (χ4v) is 6.18. The summed E-state index contributed by atoms with van der Waals surface area (Å²) in [4.78, 5) is 62.4. The Hall–Kier alpha value is -3.25. The SMILES string of the molecule is CC(C)C[C@H](CC(=O)[C@H](Cc1ccccc1)NC(=O)c1cnccn1)B1OC(=O)[C@@H]2CSC[C@@H](C(=O)O1)N2C. The van der Waals surface area contributed by atoms with Gasteiger partial charge in [0.25, 0.3) is 5.91 Å². The minimum absolute atomic E-state index is 0.0540.